The summed E-state index contributed by atoms with van der Waals surface area (Å²) in [5.41, 5.74) is 1.52. The quantitative estimate of drug-likeness (QED) is 0.264. The summed E-state index contributed by atoms with van der Waals surface area (Å²) in [5, 5.41) is 31.3. The molecule has 3 rings (SSSR count). The van der Waals surface area contributed by atoms with E-state index in [0.29, 0.717) is 37.6 Å². The van der Waals surface area contributed by atoms with Crippen molar-refractivity contribution in [1.82, 2.24) is 10.2 Å². The molecule has 0 aliphatic carbocycles. The number of rotatable bonds is 10. The summed E-state index contributed by atoms with van der Waals surface area (Å²) in [7, 11) is -1.70. The van der Waals surface area contributed by atoms with E-state index in [-0.39, 0.29) is 36.8 Å². The maximum Gasteiger partial charge on any atom is 0.475 e. The Morgan fingerprint density at radius 2 is 1.91 bits per heavy atom. The number of carbonyl (C=O) groups is 2. The van der Waals surface area contributed by atoms with Crippen LogP contribution in [-0.4, -0.2) is 72.7 Å². The van der Waals surface area contributed by atoms with E-state index < -0.39 is 13.1 Å². The molecular weight excluding hydrogens is 449 g/mol. The first-order valence-corrected chi connectivity index (χ1v) is 11.4. The van der Waals surface area contributed by atoms with Crippen LogP contribution in [0.3, 0.4) is 0 Å². The third-order valence-corrected chi connectivity index (χ3v) is 5.42. The Morgan fingerprint density at radius 3 is 2.60 bits per heavy atom. The molecule has 182 valence electrons. The number of nitriles is 1. The monoisotopic (exact) mass is 477 g/mol. The number of hydrogen-bond acceptors (Lipinski definition) is 7. The molecule has 1 saturated heterocycles. The highest BCUT2D eigenvalue weighted by molar-refractivity contribution is 6.43. The first-order valence-electron chi connectivity index (χ1n) is 11.4. The summed E-state index contributed by atoms with van der Waals surface area (Å²) >= 11 is 0. The molecule has 0 bridgehead atoms. The first-order chi connectivity index (χ1) is 17.0. The van der Waals surface area contributed by atoms with Crippen LogP contribution in [0.25, 0.3) is 6.08 Å². The fourth-order valence-corrected chi connectivity index (χ4v) is 3.58. The predicted octanol–water partition coefficient (Wildman–Crippen LogP) is 0.961. The topological polar surface area (TPSA) is 132 Å². The fourth-order valence-electron chi connectivity index (χ4n) is 3.58. The second kappa shape index (κ2) is 13.3. The maximum atomic E-state index is 12.6. The molecule has 1 aliphatic rings. The van der Waals surface area contributed by atoms with Crippen molar-refractivity contribution < 1.29 is 29.1 Å². The van der Waals surface area contributed by atoms with Crippen molar-refractivity contribution in [2.24, 2.45) is 0 Å². The van der Waals surface area contributed by atoms with Gasteiger partial charge in [-0.3, -0.25) is 9.59 Å². The van der Waals surface area contributed by atoms with Gasteiger partial charge in [-0.25, -0.2) is 0 Å². The van der Waals surface area contributed by atoms with Gasteiger partial charge in [-0.1, -0.05) is 42.5 Å². The zero-order valence-electron chi connectivity index (χ0n) is 19.3. The number of amides is 2. The lowest BCUT2D eigenvalue weighted by Crippen LogP contribution is -2.48. The minimum Gasteiger partial charge on any atom is -0.493 e. The van der Waals surface area contributed by atoms with E-state index in [4.69, 9.17) is 9.47 Å². The van der Waals surface area contributed by atoms with E-state index in [1.165, 1.54) is 6.08 Å². The lowest BCUT2D eigenvalue weighted by Gasteiger charge is -2.26. The van der Waals surface area contributed by atoms with E-state index in [9.17, 15) is 24.9 Å². The number of nitrogens with zero attached hydrogens (tertiary/aromatic N) is 2. The molecular formula is C25H28BN3O6. The van der Waals surface area contributed by atoms with Crippen molar-refractivity contribution in [2.45, 2.75) is 18.8 Å². The van der Waals surface area contributed by atoms with E-state index in [0.717, 1.165) is 5.56 Å². The molecule has 1 atom stereocenters. The Labute approximate surface area is 204 Å². The SMILES string of the molecule is N#CC(=Cc1cccc(OCCC(=O)N[C@@H](Cc2ccccc2)B(O)O)c1)C(=O)N1CCOCC1. The average Bonchev–Trinajstić information content (AvgIpc) is 2.88. The fraction of sp³-hybridized carbons (Fsp3) is 0.320. The van der Waals surface area contributed by atoms with Gasteiger partial charge in [0.05, 0.1) is 32.2 Å². The van der Waals surface area contributed by atoms with Crippen LogP contribution < -0.4 is 10.1 Å². The third kappa shape index (κ3) is 8.26. The van der Waals surface area contributed by atoms with E-state index in [1.54, 1.807) is 29.2 Å². The van der Waals surface area contributed by atoms with Crippen LogP contribution in [-0.2, 0) is 20.7 Å². The van der Waals surface area contributed by atoms with Gasteiger partial charge in [-0.05, 0) is 35.8 Å². The molecule has 0 aromatic heterocycles. The van der Waals surface area contributed by atoms with Crippen LogP contribution in [0.15, 0.2) is 60.2 Å². The van der Waals surface area contributed by atoms with Crippen molar-refractivity contribution in [2.75, 3.05) is 32.9 Å². The molecule has 2 aromatic rings. The van der Waals surface area contributed by atoms with E-state index >= 15 is 0 Å². The molecule has 10 heteroatoms. The molecule has 0 unspecified atom stereocenters. The van der Waals surface area contributed by atoms with Crippen LogP contribution >= 0.6 is 0 Å². The van der Waals surface area contributed by atoms with E-state index in [1.807, 2.05) is 36.4 Å². The highest BCUT2D eigenvalue weighted by atomic mass is 16.5. The second-order valence-electron chi connectivity index (χ2n) is 8.02. The molecule has 0 saturated carbocycles. The van der Waals surface area contributed by atoms with Crippen molar-refractivity contribution >= 4 is 25.0 Å². The van der Waals surface area contributed by atoms with Crippen LogP contribution in [0, 0.1) is 11.3 Å². The van der Waals surface area contributed by atoms with Gasteiger partial charge in [-0.15, -0.1) is 0 Å². The van der Waals surface area contributed by atoms with Crippen molar-refractivity contribution in [1.29, 1.82) is 5.26 Å². The zero-order valence-corrected chi connectivity index (χ0v) is 19.3. The van der Waals surface area contributed by atoms with Crippen molar-refractivity contribution in [3.63, 3.8) is 0 Å². The van der Waals surface area contributed by atoms with Crippen LogP contribution in [0.1, 0.15) is 17.5 Å². The van der Waals surface area contributed by atoms with Gasteiger partial charge in [0.1, 0.15) is 17.4 Å². The molecule has 0 spiro atoms. The molecule has 0 radical (unpaired) electrons. The average molecular weight is 477 g/mol. The van der Waals surface area contributed by atoms with Crippen molar-refractivity contribution in [3.8, 4) is 11.8 Å². The van der Waals surface area contributed by atoms with Gasteiger partial charge in [0.25, 0.3) is 5.91 Å². The number of ether oxygens (including phenoxy) is 2. The summed E-state index contributed by atoms with van der Waals surface area (Å²) < 4.78 is 10.9. The highest BCUT2D eigenvalue weighted by Gasteiger charge is 2.25. The normalized spacial score (nSPS) is 14.5. The lowest BCUT2D eigenvalue weighted by atomic mass is 9.76. The van der Waals surface area contributed by atoms with Gasteiger partial charge in [0.15, 0.2) is 0 Å². The van der Waals surface area contributed by atoms with Crippen LogP contribution in [0.2, 0.25) is 0 Å². The standard InChI is InChI=1S/C25H28BN3O6/c27-18-21(25(31)29-10-13-34-14-11-29)15-20-7-4-8-22(16-20)35-12-9-24(30)28-23(26(32)33)17-19-5-2-1-3-6-19/h1-8,15-16,23,32-33H,9-14,17H2,(H,28,30)/t23-/m0/s1. The smallest absolute Gasteiger partial charge is 0.475 e. The largest absolute Gasteiger partial charge is 0.493 e. The summed E-state index contributed by atoms with van der Waals surface area (Å²) in [6.45, 7) is 1.86. The van der Waals surface area contributed by atoms with Gasteiger partial charge in [0, 0.05) is 13.1 Å². The Morgan fingerprint density at radius 1 is 1.17 bits per heavy atom. The molecule has 3 N–H and O–H groups in total. The number of carbonyl (C=O) groups excluding carboxylic acids is 2. The highest BCUT2D eigenvalue weighted by Crippen LogP contribution is 2.17. The molecule has 1 fully saturated rings. The lowest BCUT2D eigenvalue weighted by molar-refractivity contribution is -0.130. The molecule has 9 nitrogen and oxygen atoms in total. The molecule has 1 aliphatic heterocycles. The van der Waals surface area contributed by atoms with E-state index in [2.05, 4.69) is 5.32 Å². The summed E-state index contributed by atoms with van der Waals surface area (Å²) in [6.07, 6.45) is 1.80. The van der Waals surface area contributed by atoms with Crippen molar-refractivity contribution in [3.05, 3.63) is 71.3 Å². The van der Waals surface area contributed by atoms with Gasteiger partial charge >= 0.3 is 7.12 Å². The summed E-state index contributed by atoms with van der Waals surface area (Å²) in [5.74, 6) is -1.08. The molecule has 1 heterocycles. The van der Waals surface area contributed by atoms with Gasteiger partial charge in [0.2, 0.25) is 5.91 Å². The molecule has 2 amide bonds. The summed E-state index contributed by atoms with van der Waals surface area (Å²) in [4.78, 5) is 26.5. The van der Waals surface area contributed by atoms with Crippen LogP contribution in [0.4, 0.5) is 0 Å². The molecule has 2 aromatic carbocycles. The zero-order chi connectivity index (χ0) is 25.0. The Balaban J connectivity index is 1.52. The number of morpholine rings is 1. The first kappa shape index (κ1) is 26.0. The number of hydrogen-bond donors (Lipinski definition) is 3. The third-order valence-electron chi connectivity index (χ3n) is 5.42. The van der Waals surface area contributed by atoms with Crippen LogP contribution in [0.5, 0.6) is 5.75 Å². The van der Waals surface area contributed by atoms with Gasteiger partial charge < -0.3 is 29.7 Å². The Kier molecular flexibility index (Phi) is 9.86. The predicted molar refractivity (Wildman–Crippen MR) is 130 cm³/mol. The minimum atomic E-state index is -1.70. The minimum absolute atomic E-state index is 0.0110. The Hall–Kier alpha value is -3.65. The Bertz CT molecular complexity index is 1060. The molecule has 35 heavy (non-hydrogen) atoms. The second-order valence-corrected chi connectivity index (χ2v) is 8.02. The summed E-state index contributed by atoms with van der Waals surface area (Å²) in [6, 6.07) is 18.1. The maximum absolute atomic E-state index is 12.6. The number of benzene rings is 2. The van der Waals surface area contributed by atoms with Gasteiger partial charge in [-0.2, -0.15) is 5.26 Å². The number of nitrogens with one attached hydrogen (secondary N) is 1.